The molecule has 0 N–H and O–H groups in total. The Labute approximate surface area is 229 Å². The molecule has 2 aliphatic carbocycles. The van der Waals surface area contributed by atoms with Gasteiger partial charge in [-0.2, -0.15) is 0 Å². The largest absolute Gasteiger partial charge is 0.233 e. The second-order valence-electron chi connectivity index (χ2n) is 10.00. The molecular weight excluding hydrogens is 479 g/mol. The van der Waals surface area contributed by atoms with E-state index >= 15 is 4.39 Å². The summed E-state index contributed by atoms with van der Waals surface area (Å²) in [6.45, 7) is 6.17. The van der Waals surface area contributed by atoms with Gasteiger partial charge >= 0.3 is 0 Å². The standard InChI is InChI=1S/C36H29FN2/c1-24(26-12-5-3-6-13-26)38-36(27-14-7-4-8-15-27)39-25(2)28-20-21-33(35(37)23-28)32-19-11-18-31-30-17-10-9-16-29(30)22-34(31)32/h3-20,23,33H,2,21-22H2,1H3. The van der Waals surface area contributed by atoms with E-state index in [1.54, 1.807) is 6.08 Å². The van der Waals surface area contributed by atoms with Gasteiger partial charge in [-0.05, 0) is 64.8 Å². The third kappa shape index (κ3) is 4.96. The number of rotatable bonds is 5. The molecule has 1 unspecified atom stereocenters. The fourth-order valence-corrected chi connectivity index (χ4v) is 5.49. The maximum atomic E-state index is 15.7. The molecule has 0 bridgehead atoms. The van der Waals surface area contributed by atoms with Gasteiger partial charge < -0.3 is 0 Å². The Morgan fingerprint density at radius 2 is 1.44 bits per heavy atom. The van der Waals surface area contributed by atoms with E-state index < -0.39 is 0 Å². The van der Waals surface area contributed by atoms with Crippen LogP contribution < -0.4 is 0 Å². The highest BCUT2D eigenvalue weighted by molar-refractivity contribution is 6.11. The van der Waals surface area contributed by atoms with Crippen molar-refractivity contribution in [3.63, 3.8) is 0 Å². The van der Waals surface area contributed by atoms with Crippen LogP contribution in [-0.2, 0) is 6.42 Å². The molecule has 2 nitrogen and oxygen atoms in total. The fourth-order valence-electron chi connectivity index (χ4n) is 5.49. The Hall–Kier alpha value is -4.63. The molecule has 2 aliphatic rings. The lowest BCUT2D eigenvalue weighted by atomic mass is 9.84. The summed E-state index contributed by atoms with van der Waals surface area (Å²) in [5.74, 6) is 0.0950. The van der Waals surface area contributed by atoms with Crippen molar-refractivity contribution >= 4 is 11.5 Å². The normalized spacial score (nSPS) is 16.7. The third-order valence-electron chi connectivity index (χ3n) is 7.53. The number of benzene rings is 4. The van der Waals surface area contributed by atoms with Crippen LogP contribution in [0.15, 0.2) is 149 Å². The summed E-state index contributed by atoms with van der Waals surface area (Å²) in [7, 11) is 0. The predicted octanol–water partition coefficient (Wildman–Crippen LogP) is 8.99. The molecule has 39 heavy (non-hydrogen) atoms. The summed E-state index contributed by atoms with van der Waals surface area (Å²) < 4.78 is 15.7. The average Bonchev–Trinajstić information content (AvgIpc) is 3.37. The van der Waals surface area contributed by atoms with Crippen LogP contribution in [0.4, 0.5) is 4.39 Å². The molecule has 0 fully saturated rings. The first-order valence-corrected chi connectivity index (χ1v) is 13.3. The second kappa shape index (κ2) is 10.6. The SMILES string of the molecule is C=C(N=C(N=C(C)c1ccccc1)c1ccccc1)C1=CCC(c2cccc3c2Cc2ccccc2-3)C(F)=C1. The lowest BCUT2D eigenvalue weighted by Gasteiger charge is -2.22. The first-order valence-electron chi connectivity index (χ1n) is 13.3. The molecule has 0 spiro atoms. The van der Waals surface area contributed by atoms with Crippen molar-refractivity contribution in [2.45, 2.75) is 25.7 Å². The number of nitrogens with zero attached hydrogens (tertiary/aromatic N) is 2. The molecule has 1 atom stereocenters. The number of fused-ring (bicyclic) bond motifs is 3. The topological polar surface area (TPSA) is 24.7 Å². The lowest BCUT2D eigenvalue weighted by molar-refractivity contribution is 0.537. The zero-order chi connectivity index (χ0) is 26.8. The van der Waals surface area contributed by atoms with Gasteiger partial charge in [-0.15, -0.1) is 0 Å². The molecule has 4 aromatic carbocycles. The number of hydrogen-bond donors (Lipinski definition) is 0. The van der Waals surface area contributed by atoms with Gasteiger partial charge in [-0.3, -0.25) is 0 Å². The van der Waals surface area contributed by atoms with Crippen LogP contribution in [0.2, 0.25) is 0 Å². The fraction of sp³-hybridized carbons (Fsp3) is 0.111. The van der Waals surface area contributed by atoms with Gasteiger partial charge in [0.05, 0.1) is 5.70 Å². The highest BCUT2D eigenvalue weighted by Gasteiger charge is 2.28. The first-order chi connectivity index (χ1) is 19.1. The number of amidine groups is 1. The minimum Gasteiger partial charge on any atom is -0.233 e. The van der Waals surface area contributed by atoms with E-state index in [1.165, 1.54) is 22.3 Å². The molecule has 3 heteroatoms. The third-order valence-corrected chi connectivity index (χ3v) is 7.53. The smallest absolute Gasteiger partial charge is 0.160 e. The van der Waals surface area contributed by atoms with Crippen molar-refractivity contribution in [3.8, 4) is 11.1 Å². The van der Waals surface area contributed by atoms with E-state index in [1.807, 2.05) is 73.7 Å². The lowest BCUT2D eigenvalue weighted by Crippen LogP contribution is -2.08. The second-order valence-corrected chi connectivity index (χ2v) is 10.00. The van der Waals surface area contributed by atoms with E-state index in [4.69, 9.17) is 9.98 Å². The predicted molar refractivity (Wildman–Crippen MR) is 160 cm³/mol. The highest BCUT2D eigenvalue weighted by atomic mass is 19.1. The summed E-state index contributed by atoms with van der Waals surface area (Å²) in [6, 6.07) is 34.6. The molecule has 0 saturated carbocycles. The van der Waals surface area contributed by atoms with E-state index in [0.29, 0.717) is 23.5 Å². The number of halogens is 1. The van der Waals surface area contributed by atoms with E-state index in [9.17, 15) is 0 Å². The van der Waals surface area contributed by atoms with Crippen molar-refractivity contribution in [1.29, 1.82) is 0 Å². The first kappa shape index (κ1) is 24.7. The van der Waals surface area contributed by atoms with Gasteiger partial charge in [-0.1, -0.05) is 116 Å². The number of allylic oxidation sites excluding steroid dienone is 3. The molecule has 6 rings (SSSR count). The monoisotopic (exact) mass is 508 g/mol. The molecule has 190 valence electrons. The summed E-state index contributed by atoms with van der Waals surface area (Å²) in [5.41, 5.74) is 10.0. The van der Waals surface area contributed by atoms with Crippen LogP contribution >= 0.6 is 0 Å². The van der Waals surface area contributed by atoms with Crippen LogP contribution in [0.3, 0.4) is 0 Å². The molecule has 0 radical (unpaired) electrons. The Balaban J connectivity index is 1.29. The molecule has 0 amide bonds. The van der Waals surface area contributed by atoms with Crippen LogP contribution in [0, 0.1) is 0 Å². The highest BCUT2D eigenvalue weighted by Crippen LogP contribution is 2.44. The Morgan fingerprint density at radius 1 is 0.769 bits per heavy atom. The molecule has 0 heterocycles. The Bertz CT molecular complexity index is 1670. The summed E-state index contributed by atoms with van der Waals surface area (Å²) in [6.07, 6.45) is 5.06. The van der Waals surface area contributed by atoms with E-state index in [0.717, 1.165) is 28.8 Å². The summed E-state index contributed by atoms with van der Waals surface area (Å²) in [4.78, 5) is 9.66. The van der Waals surface area contributed by atoms with Gasteiger partial charge in [0.25, 0.3) is 0 Å². The Kier molecular flexibility index (Phi) is 6.73. The zero-order valence-corrected chi connectivity index (χ0v) is 21.9. The maximum absolute atomic E-state index is 15.7. The number of aliphatic imine (C=N–C) groups is 2. The quantitative estimate of drug-likeness (QED) is 0.167. The summed E-state index contributed by atoms with van der Waals surface area (Å²) in [5, 5.41) is 0. The molecule has 0 saturated heterocycles. The minimum atomic E-state index is -0.304. The van der Waals surface area contributed by atoms with Crippen LogP contribution in [-0.4, -0.2) is 11.5 Å². The van der Waals surface area contributed by atoms with Crippen molar-refractivity contribution in [2.24, 2.45) is 9.98 Å². The zero-order valence-electron chi connectivity index (χ0n) is 21.9. The van der Waals surface area contributed by atoms with Gasteiger partial charge in [0, 0.05) is 17.2 Å². The van der Waals surface area contributed by atoms with E-state index in [2.05, 4.69) is 49.1 Å². The molecule has 0 aliphatic heterocycles. The Morgan fingerprint density at radius 3 is 2.18 bits per heavy atom. The van der Waals surface area contributed by atoms with Gasteiger partial charge in [0.2, 0.25) is 0 Å². The van der Waals surface area contributed by atoms with Crippen LogP contribution in [0.1, 0.15) is 47.1 Å². The molecule has 0 aromatic heterocycles. The van der Waals surface area contributed by atoms with Crippen molar-refractivity contribution in [1.82, 2.24) is 0 Å². The van der Waals surface area contributed by atoms with Crippen molar-refractivity contribution in [2.75, 3.05) is 0 Å². The van der Waals surface area contributed by atoms with Gasteiger partial charge in [-0.25, -0.2) is 14.4 Å². The van der Waals surface area contributed by atoms with Crippen molar-refractivity contribution in [3.05, 3.63) is 167 Å². The molecule has 4 aromatic rings. The average molecular weight is 509 g/mol. The van der Waals surface area contributed by atoms with Gasteiger partial charge in [0.15, 0.2) is 5.84 Å². The van der Waals surface area contributed by atoms with Crippen LogP contribution in [0.5, 0.6) is 0 Å². The minimum absolute atomic E-state index is 0.154. The maximum Gasteiger partial charge on any atom is 0.160 e. The van der Waals surface area contributed by atoms with Crippen LogP contribution in [0.25, 0.3) is 11.1 Å². The summed E-state index contributed by atoms with van der Waals surface area (Å²) >= 11 is 0. The van der Waals surface area contributed by atoms with Gasteiger partial charge in [0.1, 0.15) is 5.83 Å². The van der Waals surface area contributed by atoms with E-state index in [-0.39, 0.29) is 11.7 Å². The van der Waals surface area contributed by atoms with Crippen molar-refractivity contribution < 1.29 is 4.39 Å². The molecular formula is C36H29FN2. The number of hydrogen-bond acceptors (Lipinski definition) is 1.